The number of aromatic nitrogens is 2. The third kappa shape index (κ3) is 3.15. The molecule has 0 aliphatic carbocycles. The average molecular weight is 330 g/mol. The second-order valence-electron chi connectivity index (χ2n) is 5.27. The molecule has 2 aromatic carbocycles. The second-order valence-corrected chi connectivity index (χ2v) is 5.27. The molecular formula is C17H12F2N2O3. The van der Waals surface area contributed by atoms with Crippen molar-refractivity contribution in [1.82, 2.24) is 10.1 Å². The molecule has 122 valence electrons. The maximum Gasteiger partial charge on any atom is 0.335 e. The predicted molar refractivity (Wildman–Crippen MR) is 81.7 cm³/mol. The van der Waals surface area contributed by atoms with E-state index in [4.69, 9.17) is 9.63 Å². The summed E-state index contributed by atoms with van der Waals surface area (Å²) in [5, 5.41) is 12.8. The number of hydrogen-bond donors (Lipinski definition) is 1. The molecule has 1 aromatic heterocycles. The molecule has 0 amide bonds. The van der Waals surface area contributed by atoms with Crippen LogP contribution in [-0.2, 0) is 5.92 Å². The molecule has 1 N–H and O–H groups in total. The van der Waals surface area contributed by atoms with E-state index in [-0.39, 0.29) is 22.8 Å². The summed E-state index contributed by atoms with van der Waals surface area (Å²) in [6, 6.07) is 11.6. The summed E-state index contributed by atoms with van der Waals surface area (Å²) in [7, 11) is 0. The number of benzene rings is 2. The molecule has 0 aliphatic heterocycles. The minimum absolute atomic E-state index is 0.0989. The minimum atomic E-state index is -2.92. The zero-order valence-electron chi connectivity index (χ0n) is 12.5. The first-order chi connectivity index (χ1) is 11.3. The number of carboxylic acid groups (broad SMARTS) is 1. The van der Waals surface area contributed by atoms with Gasteiger partial charge in [0.25, 0.3) is 11.8 Å². The Morgan fingerprint density at radius 3 is 2.46 bits per heavy atom. The van der Waals surface area contributed by atoms with Crippen LogP contribution in [0.25, 0.3) is 22.8 Å². The highest BCUT2D eigenvalue weighted by Crippen LogP contribution is 2.29. The Hall–Kier alpha value is -3.09. The molecule has 0 unspecified atom stereocenters. The van der Waals surface area contributed by atoms with E-state index >= 15 is 0 Å². The van der Waals surface area contributed by atoms with Crippen LogP contribution in [0.2, 0.25) is 0 Å². The maximum absolute atomic E-state index is 13.2. The average Bonchev–Trinajstić information content (AvgIpc) is 3.04. The first-order valence-electron chi connectivity index (χ1n) is 7.01. The van der Waals surface area contributed by atoms with E-state index in [1.54, 1.807) is 12.1 Å². The van der Waals surface area contributed by atoms with E-state index < -0.39 is 11.9 Å². The van der Waals surface area contributed by atoms with Gasteiger partial charge in [-0.15, -0.1) is 0 Å². The summed E-state index contributed by atoms with van der Waals surface area (Å²) >= 11 is 0. The van der Waals surface area contributed by atoms with Gasteiger partial charge in [0.15, 0.2) is 0 Å². The highest BCUT2D eigenvalue weighted by Gasteiger charge is 2.24. The summed E-state index contributed by atoms with van der Waals surface area (Å²) in [5.41, 5.74) is 0.976. The molecule has 0 saturated heterocycles. The molecule has 0 spiro atoms. The van der Waals surface area contributed by atoms with Crippen LogP contribution in [0, 0.1) is 0 Å². The zero-order chi connectivity index (χ0) is 17.3. The van der Waals surface area contributed by atoms with E-state index in [0.717, 1.165) is 6.92 Å². The van der Waals surface area contributed by atoms with Gasteiger partial charge in [0.1, 0.15) is 0 Å². The van der Waals surface area contributed by atoms with Crippen molar-refractivity contribution in [3.8, 4) is 22.8 Å². The topological polar surface area (TPSA) is 76.2 Å². The number of rotatable bonds is 4. The summed E-state index contributed by atoms with van der Waals surface area (Å²) in [5.74, 6) is -3.60. The Morgan fingerprint density at radius 2 is 1.83 bits per heavy atom. The molecule has 0 saturated carbocycles. The molecule has 0 bridgehead atoms. The van der Waals surface area contributed by atoms with Crippen LogP contribution in [0.15, 0.2) is 53.1 Å². The highest BCUT2D eigenvalue weighted by atomic mass is 19.3. The van der Waals surface area contributed by atoms with Crippen LogP contribution in [0.5, 0.6) is 0 Å². The quantitative estimate of drug-likeness (QED) is 0.775. The van der Waals surface area contributed by atoms with Gasteiger partial charge in [-0.05, 0) is 18.2 Å². The van der Waals surface area contributed by atoms with Crippen molar-refractivity contribution in [2.24, 2.45) is 0 Å². The van der Waals surface area contributed by atoms with Crippen molar-refractivity contribution in [3.63, 3.8) is 0 Å². The van der Waals surface area contributed by atoms with Crippen LogP contribution in [-0.4, -0.2) is 21.2 Å². The molecule has 0 radical (unpaired) electrons. The van der Waals surface area contributed by atoms with E-state index in [1.165, 1.54) is 36.4 Å². The van der Waals surface area contributed by atoms with Crippen LogP contribution in [0.1, 0.15) is 22.8 Å². The monoisotopic (exact) mass is 330 g/mol. The summed E-state index contributed by atoms with van der Waals surface area (Å²) in [6.07, 6.45) is 0. The number of carboxylic acids is 1. The highest BCUT2D eigenvalue weighted by molar-refractivity contribution is 5.89. The first-order valence-corrected chi connectivity index (χ1v) is 7.01. The largest absolute Gasteiger partial charge is 0.478 e. The summed E-state index contributed by atoms with van der Waals surface area (Å²) in [4.78, 5) is 15.2. The standard InChI is InChI=1S/C17H12F2N2O3/c1-17(18,19)13-7-5-10(6-8-13)14-20-15(24-21-14)11-3-2-4-12(9-11)16(22)23/h2-9H,1H3,(H,22,23). The fraction of sp³-hybridized carbons (Fsp3) is 0.118. The molecule has 0 atom stereocenters. The van der Waals surface area contributed by atoms with Gasteiger partial charge in [-0.3, -0.25) is 0 Å². The third-order valence-corrected chi connectivity index (χ3v) is 3.43. The van der Waals surface area contributed by atoms with Gasteiger partial charge in [-0.2, -0.15) is 4.98 Å². The number of hydrogen-bond acceptors (Lipinski definition) is 4. The molecule has 0 aliphatic rings. The molecule has 5 nitrogen and oxygen atoms in total. The fourth-order valence-corrected chi connectivity index (χ4v) is 2.16. The van der Waals surface area contributed by atoms with Gasteiger partial charge < -0.3 is 9.63 Å². The lowest BCUT2D eigenvalue weighted by atomic mass is 10.1. The van der Waals surface area contributed by atoms with Gasteiger partial charge in [-0.25, -0.2) is 13.6 Å². The van der Waals surface area contributed by atoms with Crippen molar-refractivity contribution in [2.45, 2.75) is 12.8 Å². The Labute approximate surface area is 135 Å². The zero-order valence-corrected chi connectivity index (χ0v) is 12.5. The maximum atomic E-state index is 13.2. The van der Waals surface area contributed by atoms with Crippen LogP contribution in [0.4, 0.5) is 8.78 Å². The van der Waals surface area contributed by atoms with Crippen molar-refractivity contribution >= 4 is 5.97 Å². The van der Waals surface area contributed by atoms with Crippen LogP contribution >= 0.6 is 0 Å². The fourth-order valence-electron chi connectivity index (χ4n) is 2.16. The SMILES string of the molecule is CC(F)(F)c1ccc(-c2noc(-c3cccc(C(=O)O)c3)n2)cc1. The molecule has 24 heavy (non-hydrogen) atoms. The van der Waals surface area contributed by atoms with Crippen LogP contribution < -0.4 is 0 Å². The van der Waals surface area contributed by atoms with E-state index in [9.17, 15) is 13.6 Å². The van der Waals surface area contributed by atoms with E-state index in [0.29, 0.717) is 11.1 Å². The van der Waals surface area contributed by atoms with Crippen LogP contribution in [0.3, 0.4) is 0 Å². The smallest absolute Gasteiger partial charge is 0.335 e. The lowest BCUT2D eigenvalue weighted by Crippen LogP contribution is -2.06. The molecule has 7 heteroatoms. The Kier molecular flexibility index (Phi) is 3.84. The van der Waals surface area contributed by atoms with Gasteiger partial charge in [0.05, 0.1) is 5.56 Å². The van der Waals surface area contributed by atoms with Crippen molar-refractivity contribution in [1.29, 1.82) is 0 Å². The minimum Gasteiger partial charge on any atom is -0.478 e. The number of halogens is 2. The molecule has 3 aromatic rings. The molecule has 0 fully saturated rings. The number of carbonyl (C=O) groups is 1. The number of alkyl halides is 2. The van der Waals surface area contributed by atoms with Gasteiger partial charge >= 0.3 is 5.97 Å². The predicted octanol–water partition coefficient (Wildman–Crippen LogP) is 4.21. The van der Waals surface area contributed by atoms with Gasteiger partial charge in [0.2, 0.25) is 5.82 Å². The van der Waals surface area contributed by atoms with Crippen molar-refractivity contribution < 1.29 is 23.2 Å². The summed E-state index contributed by atoms with van der Waals surface area (Å²) in [6.45, 7) is 0.823. The van der Waals surface area contributed by atoms with Crippen molar-refractivity contribution in [2.75, 3.05) is 0 Å². The molecular weight excluding hydrogens is 318 g/mol. The summed E-state index contributed by atoms with van der Waals surface area (Å²) < 4.78 is 31.6. The first kappa shape index (κ1) is 15.8. The normalized spacial score (nSPS) is 11.5. The lowest BCUT2D eigenvalue weighted by Gasteiger charge is -2.09. The second kappa shape index (κ2) is 5.84. The Morgan fingerprint density at radius 1 is 1.12 bits per heavy atom. The van der Waals surface area contributed by atoms with Gasteiger partial charge in [0, 0.05) is 23.6 Å². The van der Waals surface area contributed by atoms with Crippen molar-refractivity contribution in [3.05, 3.63) is 59.7 Å². The van der Waals surface area contributed by atoms with Gasteiger partial charge in [-0.1, -0.05) is 35.5 Å². The van der Waals surface area contributed by atoms with E-state index in [1.807, 2.05) is 0 Å². The lowest BCUT2D eigenvalue weighted by molar-refractivity contribution is 0.0175. The molecule has 1 heterocycles. The number of nitrogens with zero attached hydrogens (tertiary/aromatic N) is 2. The Balaban J connectivity index is 1.91. The number of aromatic carboxylic acids is 1. The Bertz CT molecular complexity index is 883. The van der Waals surface area contributed by atoms with E-state index in [2.05, 4.69) is 10.1 Å². The third-order valence-electron chi connectivity index (χ3n) is 3.43. The molecule has 3 rings (SSSR count).